The molecule has 0 saturated carbocycles. The van der Waals surface area contributed by atoms with Gasteiger partial charge in [-0.25, -0.2) is 4.79 Å². The van der Waals surface area contributed by atoms with Crippen molar-refractivity contribution in [3.63, 3.8) is 0 Å². The van der Waals surface area contributed by atoms with Crippen molar-refractivity contribution in [1.82, 2.24) is 5.32 Å². The molecule has 2 N–H and O–H groups in total. The number of anilines is 1. The maximum Gasteiger partial charge on any atom is 0.330 e. The van der Waals surface area contributed by atoms with E-state index >= 15 is 0 Å². The number of nitrogens with one attached hydrogen (secondary N) is 2. The monoisotopic (exact) mass is 492 g/mol. The molecule has 0 aliphatic carbocycles. The van der Waals surface area contributed by atoms with Gasteiger partial charge in [-0.1, -0.05) is 24.3 Å². The number of esters is 1. The molecule has 0 fully saturated rings. The molecule has 1 aromatic heterocycles. The van der Waals surface area contributed by atoms with Gasteiger partial charge in [0.15, 0.2) is 0 Å². The number of benzene rings is 2. The van der Waals surface area contributed by atoms with Gasteiger partial charge in [-0.2, -0.15) is 11.3 Å². The second kappa shape index (κ2) is 13.2. The van der Waals surface area contributed by atoms with Gasteiger partial charge < -0.3 is 15.4 Å². The van der Waals surface area contributed by atoms with Gasteiger partial charge >= 0.3 is 5.97 Å². The number of hydrogen-bond acceptors (Lipinski definition) is 6. The van der Waals surface area contributed by atoms with E-state index in [0.29, 0.717) is 23.6 Å². The van der Waals surface area contributed by atoms with E-state index in [1.54, 1.807) is 67.2 Å². The first kappa shape index (κ1) is 25.0. The Morgan fingerprint density at radius 1 is 1.03 bits per heavy atom. The van der Waals surface area contributed by atoms with E-state index in [9.17, 15) is 14.4 Å². The lowest BCUT2D eigenvalue weighted by atomic mass is 10.2. The van der Waals surface area contributed by atoms with Crippen molar-refractivity contribution < 1.29 is 19.1 Å². The van der Waals surface area contributed by atoms with Crippen molar-refractivity contribution in [2.45, 2.75) is 11.8 Å². The Labute approximate surface area is 206 Å². The molecule has 6 nitrogen and oxygen atoms in total. The van der Waals surface area contributed by atoms with Gasteiger partial charge in [-0.3, -0.25) is 9.59 Å². The zero-order chi connectivity index (χ0) is 24.2. The summed E-state index contributed by atoms with van der Waals surface area (Å²) in [5.74, 6) is -0.524. The normalized spacial score (nSPS) is 11.3. The maximum absolute atomic E-state index is 13.0. The zero-order valence-corrected chi connectivity index (χ0v) is 20.2. The van der Waals surface area contributed by atoms with Gasteiger partial charge in [0.25, 0.3) is 11.8 Å². The van der Waals surface area contributed by atoms with Gasteiger partial charge in [0.1, 0.15) is 5.70 Å². The van der Waals surface area contributed by atoms with Gasteiger partial charge in [-0.15, -0.1) is 11.8 Å². The van der Waals surface area contributed by atoms with Gasteiger partial charge in [0, 0.05) is 28.0 Å². The average molecular weight is 493 g/mol. The lowest BCUT2D eigenvalue weighted by molar-refractivity contribution is -0.137. The van der Waals surface area contributed by atoms with Crippen LogP contribution in [0.5, 0.6) is 0 Å². The van der Waals surface area contributed by atoms with Gasteiger partial charge in [0.2, 0.25) is 0 Å². The van der Waals surface area contributed by atoms with E-state index in [1.807, 2.05) is 35.0 Å². The van der Waals surface area contributed by atoms with Crippen molar-refractivity contribution in [2.24, 2.45) is 0 Å². The smallest absolute Gasteiger partial charge is 0.330 e. The van der Waals surface area contributed by atoms with E-state index in [0.717, 1.165) is 10.5 Å². The Balaban J connectivity index is 1.63. The predicted octanol–water partition coefficient (Wildman–Crippen LogP) is 5.37. The molecule has 3 rings (SSSR count). The number of carbonyl (C=O) groups excluding carboxylic acids is 3. The van der Waals surface area contributed by atoms with E-state index in [1.165, 1.54) is 17.4 Å². The highest BCUT2D eigenvalue weighted by Gasteiger charge is 2.15. The molecular weight excluding hydrogens is 468 g/mol. The standard InChI is InChI=1S/C26H24N2O4S2/c1-2-32-24(29)9-6-15-34-22-12-10-21(11-13-22)27-26(31)23(17-19-14-16-33-18-19)28-25(30)20-7-4-3-5-8-20/h3-14,16-18H,2,15H2,1H3,(H,27,31)(H,28,30)/b9-6+,23-17-. The van der Waals surface area contributed by atoms with Crippen LogP contribution in [0.4, 0.5) is 5.69 Å². The Bertz CT molecular complexity index is 1160. The molecule has 1 heterocycles. The molecule has 0 radical (unpaired) electrons. The molecule has 2 amide bonds. The minimum Gasteiger partial charge on any atom is -0.463 e. The lowest BCUT2D eigenvalue weighted by Crippen LogP contribution is -2.30. The highest BCUT2D eigenvalue weighted by Crippen LogP contribution is 2.21. The topological polar surface area (TPSA) is 84.5 Å². The van der Waals surface area contributed by atoms with Crippen LogP contribution in [0.25, 0.3) is 6.08 Å². The van der Waals surface area contributed by atoms with Crippen molar-refractivity contribution in [2.75, 3.05) is 17.7 Å². The Morgan fingerprint density at radius 2 is 1.79 bits per heavy atom. The van der Waals surface area contributed by atoms with Crippen LogP contribution in [-0.4, -0.2) is 30.1 Å². The van der Waals surface area contributed by atoms with Gasteiger partial charge in [-0.05, 0) is 71.8 Å². The summed E-state index contributed by atoms with van der Waals surface area (Å²) in [4.78, 5) is 37.9. The minimum atomic E-state index is -0.423. The molecule has 34 heavy (non-hydrogen) atoms. The van der Waals surface area contributed by atoms with Crippen molar-refractivity contribution in [1.29, 1.82) is 0 Å². The molecule has 0 saturated heterocycles. The van der Waals surface area contributed by atoms with E-state index in [2.05, 4.69) is 10.6 Å². The SMILES string of the molecule is CCOC(=O)/C=C/CSc1ccc(NC(=O)/C(=C/c2ccsc2)NC(=O)c2ccccc2)cc1. The number of rotatable bonds is 10. The summed E-state index contributed by atoms with van der Waals surface area (Å²) in [5, 5.41) is 9.35. The van der Waals surface area contributed by atoms with Crippen molar-refractivity contribution in [3.05, 3.63) is 100 Å². The lowest BCUT2D eigenvalue weighted by Gasteiger charge is -2.11. The molecule has 8 heteroatoms. The summed E-state index contributed by atoms with van der Waals surface area (Å²) in [6, 6.07) is 17.9. The van der Waals surface area contributed by atoms with Gasteiger partial charge in [0.05, 0.1) is 6.61 Å². The number of thioether (sulfide) groups is 1. The summed E-state index contributed by atoms with van der Waals surface area (Å²) in [6.45, 7) is 2.11. The fourth-order valence-corrected chi connectivity index (χ4v) is 4.11. The molecule has 3 aromatic rings. The average Bonchev–Trinajstić information content (AvgIpc) is 3.36. The molecular formula is C26H24N2O4S2. The Hall–Kier alpha value is -3.62. The summed E-state index contributed by atoms with van der Waals surface area (Å²) >= 11 is 3.05. The van der Waals surface area contributed by atoms with Crippen LogP contribution in [0, 0.1) is 0 Å². The van der Waals surface area contributed by atoms with E-state index in [-0.39, 0.29) is 17.6 Å². The quantitative estimate of drug-likeness (QED) is 0.226. The van der Waals surface area contributed by atoms with Crippen molar-refractivity contribution in [3.8, 4) is 0 Å². The molecule has 0 unspecified atom stereocenters. The van der Waals surface area contributed by atoms with Crippen LogP contribution >= 0.6 is 23.1 Å². The predicted molar refractivity (Wildman–Crippen MR) is 138 cm³/mol. The van der Waals surface area contributed by atoms with E-state index < -0.39 is 5.91 Å². The highest BCUT2D eigenvalue weighted by molar-refractivity contribution is 7.99. The molecule has 0 spiro atoms. The summed E-state index contributed by atoms with van der Waals surface area (Å²) in [6.07, 6.45) is 4.80. The van der Waals surface area contributed by atoms with Crippen molar-refractivity contribution >= 4 is 52.6 Å². The molecule has 0 aliphatic rings. The van der Waals surface area contributed by atoms with Crippen LogP contribution < -0.4 is 10.6 Å². The second-order valence-electron chi connectivity index (χ2n) is 6.88. The van der Waals surface area contributed by atoms with E-state index in [4.69, 9.17) is 4.74 Å². The number of thiophene rings is 1. The molecule has 0 aliphatic heterocycles. The number of amides is 2. The maximum atomic E-state index is 13.0. The first-order valence-corrected chi connectivity index (χ1v) is 12.5. The molecule has 0 atom stereocenters. The number of hydrogen-bond donors (Lipinski definition) is 2. The number of ether oxygens (including phenoxy) is 1. The molecule has 0 bridgehead atoms. The largest absolute Gasteiger partial charge is 0.463 e. The summed E-state index contributed by atoms with van der Waals surface area (Å²) < 4.78 is 4.84. The fourth-order valence-electron chi connectivity index (χ4n) is 2.78. The first-order valence-electron chi connectivity index (χ1n) is 10.5. The summed E-state index contributed by atoms with van der Waals surface area (Å²) in [5.41, 5.74) is 2.03. The number of carbonyl (C=O) groups is 3. The molecule has 174 valence electrons. The third-order valence-corrected chi connectivity index (χ3v) is 6.05. The minimum absolute atomic E-state index is 0.148. The van der Waals surface area contributed by atoms with Crippen LogP contribution in [-0.2, 0) is 14.3 Å². The van der Waals surface area contributed by atoms with Crippen LogP contribution in [0.3, 0.4) is 0 Å². The summed E-state index contributed by atoms with van der Waals surface area (Å²) in [7, 11) is 0. The molecule has 2 aromatic carbocycles. The first-order chi connectivity index (χ1) is 16.5. The second-order valence-corrected chi connectivity index (χ2v) is 8.75. The fraction of sp³-hybridized carbons (Fsp3) is 0.115. The third-order valence-electron chi connectivity index (χ3n) is 4.38. The van der Waals surface area contributed by atoms with Crippen LogP contribution in [0.1, 0.15) is 22.8 Å². The Kier molecular flexibility index (Phi) is 9.69. The highest BCUT2D eigenvalue weighted by atomic mass is 32.2. The Morgan fingerprint density at radius 3 is 2.47 bits per heavy atom. The third kappa shape index (κ3) is 8.06. The van der Waals surface area contributed by atoms with Crippen LogP contribution in [0.2, 0.25) is 0 Å². The zero-order valence-electron chi connectivity index (χ0n) is 18.5. The van der Waals surface area contributed by atoms with Crippen LogP contribution in [0.15, 0.2) is 94.2 Å².